The zero-order chi connectivity index (χ0) is 17.7. The van der Waals surface area contributed by atoms with Gasteiger partial charge in [0.05, 0.1) is 5.69 Å². The van der Waals surface area contributed by atoms with Gasteiger partial charge in [-0.25, -0.2) is 4.98 Å². The second-order valence-electron chi connectivity index (χ2n) is 7.47. The average molecular weight is 332 g/mol. The standard InChI is InChI=1S/C18H28N4O2/c1-13(23)19-14-8-10-22(11-9-14)12-15-6-5-7-16(20-15)21-17(24)18(2,3)4/h5-7,14H,8-12H2,1-4H3,(H,19,23)(H,20,21,24). The normalized spacial score (nSPS) is 16.7. The van der Waals surface area contributed by atoms with Crippen LogP contribution in [0.15, 0.2) is 18.2 Å². The fourth-order valence-corrected chi connectivity index (χ4v) is 2.69. The van der Waals surface area contributed by atoms with Crippen LogP contribution in [-0.2, 0) is 16.1 Å². The topological polar surface area (TPSA) is 74.3 Å². The van der Waals surface area contributed by atoms with Crippen molar-refractivity contribution in [2.75, 3.05) is 18.4 Å². The van der Waals surface area contributed by atoms with Crippen LogP contribution in [0.5, 0.6) is 0 Å². The summed E-state index contributed by atoms with van der Waals surface area (Å²) in [6.45, 7) is 9.83. The Morgan fingerprint density at radius 3 is 2.50 bits per heavy atom. The molecule has 6 nitrogen and oxygen atoms in total. The predicted molar refractivity (Wildman–Crippen MR) is 94.4 cm³/mol. The van der Waals surface area contributed by atoms with Crippen LogP contribution in [0.25, 0.3) is 0 Å². The summed E-state index contributed by atoms with van der Waals surface area (Å²) >= 11 is 0. The molecule has 1 saturated heterocycles. The Kier molecular flexibility index (Phi) is 5.94. The highest BCUT2D eigenvalue weighted by Crippen LogP contribution is 2.17. The Hall–Kier alpha value is -1.95. The quantitative estimate of drug-likeness (QED) is 0.886. The highest BCUT2D eigenvalue weighted by molar-refractivity contribution is 5.93. The van der Waals surface area contributed by atoms with Crippen LogP contribution < -0.4 is 10.6 Å². The summed E-state index contributed by atoms with van der Waals surface area (Å²) in [5, 5.41) is 5.85. The SMILES string of the molecule is CC(=O)NC1CCN(Cc2cccc(NC(=O)C(C)(C)C)n2)CC1. The Bertz CT molecular complexity index is 587. The monoisotopic (exact) mass is 332 g/mol. The summed E-state index contributed by atoms with van der Waals surface area (Å²) in [5.74, 6) is 0.598. The fraction of sp³-hybridized carbons (Fsp3) is 0.611. The molecular weight excluding hydrogens is 304 g/mol. The smallest absolute Gasteiger partial charge is 0.230 e. The number of amides is 2. The summed E-state index contributed by atoms with van der Waals surface area (Å²) in [5.41, 5.74) is 0.503. The van der Waals surface area contributed by atoms with Gasteiger partial charge in [-0.3, -0.25) is 14.5 Å². The second-order valence-corrected chi connectivity index (χ2v) is 7.47. The minimum Gasteiger partial charge on any atom is -0.354 e. The van der Waals surface area contributed by atoms with Gasteiger partial charge in [0, 0.05) is 38.0 Å². The first-order chi connectivity index (χ1) is 11.2. The van der Waals surface area contributed by atoms with Crippen molar-refractivity contribution in [2.45, 2.75) is 53.1 Å². The molecule has 1 aliphatic rings. The summed E-state index contributed by atoms with van der Waals surface area (Å²) in [4.78, 5) is 30.0. The lowest BCUT2D eigenvalue weighted by Gasteiger charge is -2.31. The Labute approximate surface area is 144 Å². The summed E-state index contributed by atoms with van der Waals surface area (Å²) < 4.78 is 0. The van der Waals surface area contributed by atoms with E-state index in [4.69, 9.17) is 0 Å². The number of piperidine rings is 1. The molecule has 132 valence electrons. The highest BCUT2D eigenvalue weighted by atomic mass is 16.2. The van der Waals surface area contributed by atoms with Crippen molar-refractivity contribution in [1.82, 2.24) is 15.2 Å². The van der Waals surface area contributed by atoms with Crippen LogP contribution in [0.3, 0.4) is 0 Å². The summed E-state index contributed by atoms with van der Waals surface area (Å²) in [6, 6.07) is 6.00. The van der Waals surface area contributed by atoms with Crippen LogP contribution in [0.2, 0.25) is 0 Å². The summed E-state index contributed by atoms with van der Waals surface area (Å²) in [6.07, 6.45) is 1.92. The lowest BCUT2D eigenvalue weighted by Crippen LogP contribution is -2.43. The highest BCUT2D eigenvalue weighted by Gasteiger charge is 2.22. The molecule has 0 aliphatic carbocycles. The van der Waals surface area contributed by atoms with Gasteiger partial charge in [-0.2, -0.15) is 0 Å². The molecule has 1 fully saturated rings. The molecule has 0 atom stereocenters. The average Bonchev–Trinajstić information content (AvgIpc) is 2.48. The van der Waals surface area contributed by atoms with E-state index >= 15 is 0 Å². The minimum absolute atomic E-state index is 0.0386. The van der Waals surface area contributed by atoms with Crippen LogP contribution in [0, 0.1) is 5.41 Å². The molecule has 0 aromatic carbocycles. The van der Waals surface area contributed by atoms with Gasteiger partial charge >= 0.3 is 0 Å². The van der Waals surface area contributed by atoms with Crippen LogP contribution in [0.4, 0.5) is 5.82 Å². The van der Waals surface area contributed by atoms with Crippen molar-refractivity contribution in [3.8, 4) is 0 Å². The first kappa shape index (κ1) is 18.4. The van der Waals surface area contributed by atoms with E-state index in [1.165, 1.54) is 0 Å². The largest absolute Gasteiger partial charge is 0.354 e. The first-order valence-electron chi connectivity index (χ1n) is 8.51. The van der Waals surface area contributed by atoms with Crippen LogP contribution in [-0.4, -0.2) is 40.8 Å². The van der Waals surface area contributed by atoms with E-state index < -0.39 is 5.41 Å². The molecule has 0 spiro atoms. The molecule has 2 amide bonds. The molecule has 24 heavy (non-hydrogen) atoms. The van der Waals surface area contributed by atoms with E-state index in [1.54, 1.807) is 6.92 Å². The van der Waals surface area contributed by atoms with Crippen molar-refractivity contribution < 1.29 is 9.59 Å². The molecule has 0 unspecified atom stereocenters. The number of nitrogens with zero attached hydrogens (tertiary/aromatic N) is 2. The van der Waals surface area contributed by atoms with E-state index in [-0.39, 0.29) is 17.9 Å². The number of anilines is 1. The Balaban J connectivity index is 1.89. The summed E-state index contributed by atoms with van der Waals surface area (Å²) in [7, 11) is 0. The molecule has 1 aromatic rings. The number of carbonyl (C=O) groups is 2. The molecule has 2 rings (SSSR count). The maximum Gasteiger partial charge on any atom is 0.230 e. The van der Waals surface area contributed by atoms with Gasteiger partial charge in [0.1, 0.15) is 5.82 Å². The van der Waals surface area contributed by atoms with Crippen LogP contribution >= 0.6 is 0 Å². The third-order valence-electron chi connectivity index (χ3n) is 4.11. The second kappa shape index (κ2) is 7.75. The van der Waals surface area contributed by atoms with Crippen molar-refractivity contribution in [3.63, 3.8) is 0 Å². The van der Waals surface area contributed by atoms with Gasteiger partial charge < -0.3 is 10.6 Å². The Morgan fingerprint density at radius 2 is 1.92 bits per heavy atom. The molecule has 1 aromatic heterocycles. The van der Waals surface area contributed by atoms with E-state index in [2.05, 4.69) is 20.5 Å². The van der Waals surface area contributed by atoms with Gasteiger partial charge in [0.15, 0.2) is 0 Å². The van der Waals surface area contributed by atoms with E-state index in [0.29, 0.717) is 5.82 Å². The van der Waals surface area contributed by atoms with E-state index in [0.717, 1.165) is 38.2 Å². The van der Waals surface area contributed by atoms with Gasteiger partial charge in [-0.1, -0.05) is 26.8 Å². The zero-order valence-corrected chi connectivity index (χ0v) is 15.1. The fourth-order valence-electron chi connectivity index (χ4n) is 2.69. The molecular formula is C18H28N4O2. The number of hydrogen-bond donors (Lipinski definition) is 2. The van der Waals surface area contributed by atoms with Crippen molar-refractivity contribution in [2.24, 2.45) is 5.41 Å². The molecule has 2 heterocycles. The van der Waals surface area contributed by atoms with Crippen molar-refractivity contribution in [3.05, 3.63) is 23.9 Å². The predicted octanol–water partition coefficient (Wildman–Crippen LogP) is 2.17. The lowest BCUT2D eigenvalue weighted by atomic mass is 9.96. The van der Waals surface area contributed by atoms with E-state index in [1.807, 2.05) is 39.0 Å². The molecule has 0 bridgehead atoms. The van der Waals surface area contributed by atoms with Gasteiger partial charge in [0.25, 0.3) is 0 Å². The third kappa shape index (κ3) is 5.60. The number of nitrogens with one attached hydrogen (secondary N) is 2. The molecule has 1 aliphatic heterocycles. The maximum absolute atomic E-state index is 12.1. The zero-order valence-electron chi connectivity index (χ0n) is 15.1. The number of aromatic nitrogens is 1. The van der Waals surface area contributed by atoms with Gasteiger partial charge in [0.2, 0.25) is 11.8 Å². The van der Waals surface area contributed by atoms with Gasteiger partial charge in [-0.05, 0) is 25.0 Å². The van der Waals surface area contributed by atoms with E-state index in [9.17, 15) is 9.59 Å². The number of pyridine rings is 1. The number of carbonyl (C=O) groups excluding carboxylic acids is 2. The van der Waals surface area contributed by atoms with Crippen LogP contribution in [0.1, 0.15) is 46.2 Å². The first-order valence-corrected chi connectivity index (χ1v) is 8.51. The van der Waals surface area contributed by atoms with Crippen molar-refractivity contribution in [1.29, 1.82) is 0 Å². The van der Waals surface area contributed by atoms with Gasteiger partial charge in [-0.15, -0.1) is 0 Å². The molecule has 0 saturated carbocycles. The van der Waals surface area contributed by atoms with Crippen molar-refractivity contribution >= 4 is 17.6 Å². The number of likely N-dealkylation sites (tertiary alicyclic amines) is 1. The lowest BCUT2D eigenvalue weighted by molar-refractivity contribution is -0.123. The molecule has 2 N–H and O–H groups in total. The number of rotatable bonds is 4. The molecule has 6 heteroatoms. The third-order valence-corrected chi connectivity index (χ3v) is 4.11. The molecule has 0 radical (unpaired) electrons. The number of hydrogen-bond acceptors (Lipinski definition) is 4. The minimum atomic E-state index is -0.441. The Morgan fingerprint density at radius 1 is 1.25 bits per heavy atom. The maximum atomic E-state index is 12.1.